The van der Waals surface area contributed by atoms with Gasteiger partial charge in [0.2, 0.25) is 0 Å². The third kappa shape index (κ3) is 1.89. The molecule has 1 rings (SSSR count). The van der Waals surface area contributed by atoms with Gasteiger partial charge in [0, 0.05) is 0 Å². The molecule has 0 bridgehead atoms. The van der Waals surface area contributed by atoms with Gasteiger partial charge in [0.1, 0.15) is 0 Å². The van der Waals surface area contributed by atoms with Crippen molar-refractivity contribution >= 4 is 5.69 Å². The van der Waals surface area contributed by atoms with Crippen LogP contribution in [0.3, 0.4) is 0 Å². The Hall–Kier alpha value is -2.20. The molecule has 4 nitrogen and oxygen atoms in total. The van der Waals surface area contributed by atoms with E-state index in [1.165, 1.54) is 0 Å². The summed E-state index contributed by atoms with van der Waals surface area (Å²) in [6.07, 6.45) is 0. The highest BCUT2D eigenvalue weighted by atomic mass is 15.5. The summed E-state index contributed by atoms with van der Waals surface area (Å²) in [5.74, 6) is 0. The molecule has 0 spiro atoms. The molecule has 0 fully saturated rings. The van der Waals surface area contributed by atoms with Crippen molar-refractivity contribution in [3.05, 3.63) is 41.4 Å². The smallest absolute Gasteiger partial charge is 0.0991 e. The van der Waals surface area contributed by atoms with Gasteiger partial charge in [-0.2, -0.15) is 11.8 Å². The van der Waals surface area contributed by atoms with Gasteiger partial charge in [0.05, 0.1) is 17.3 Å². The first-order valence-electron chi connectivity index (χ1n) is 3.24. The van der Waals surface area contributed by atoms with E-state index in [2.05, 4.69) is 15.9 Å². The lowest BCUT2D eigenvalue weighted by atomic mass is 10.2. The first kappa shape index (κ1) is 7.90. The first-order valence-corrected chi connectivity index (χ1v) is 3.24. The Morgan fingerprint density at radius 2 is 2.00 bits per heavy atom. The van der Waals surface area contributed by atoms with Gasteiger partial charge < -0.3 is 0 Å². The molecule has 4 heteroatoms. The summed E-state index contributed by atoms with van der Waals surface area (Å²) < 4.78 is 0. The van der Waals surface area contributed by atoms with Crippen LogP contribution in [0.15, 0.2) is 24.3 Å². The molecule has 0 aliphatic rings. The monoisotopic (exact) mass is 158 g/mol. The largest absolute Gasteiger partial charge is 0.242 e. The van der Waals surface area contributed by atoms with Crippen LogP contribution in [0.1, 0.15) is 5.56 Å². The number of nitrogens with zero attached hydrogens (tertiary/aromatic N) is 2. The van der Waals surface area contributed by atoms with Crippen molar-refractivity contribution in [1.82, 2.24) is 5.53 Å². The second-order valence-electron chi connectivity index (χ2n) is 2.04. The molecule has 12 heavy (non-hydrogen) atoms. The highest BCUT2D eigenvalue weighted by Gasteiger charge is 1.91. The minimum Gasteiger partial charge on any atom is -0.242 e. The Balaban J connectivity index is 2.68. The molecule has 0 amide bonds. The van der Waals surface area contributed by atoms with Gasteiger partial charge in [0.15, 0.2) is 0 Å². The number of benzene rings is 1. The van der Waals surface area contributed by atoms with Crippen molar-refractivity contribution in [2.45, 2.75) is 0 Å². The fourth-order valence-electron chi connectivity index (χ4n) is 0.721. The molecule has 58 valence electrons. The minimum absolute atomic E-state index is 0.600. The second-order valence-corrected chi connectivity index (χ2v) is 2.04. The van der Waals surface area contributed by atoms with Crippen LogP contribution >= 0.6 is 0 Å². The van der Waals surface area contributed by atoms with Crippen molar-refractivity contribution < 1.29 is 0 Å². The van der Waals surface area contributed by atoms with Gasteiger partial charge in [0.25, 0.3) is 0 Å². The fourth-order valence-corrected chi connectivity index (χ4v) is 0.721. The minimum atomic E-state index is 0.600. The highest BCUT2D eigenvalue weighted by Crippen LogP contribution is 2.06. The molecular weight excluding hydrogens is 152 g/mol. The molecule has 1 aromatic carbocycles. The van der Waals surface area contributed by atoms with Crippen LogP contribution in [-0.4, -0.2) is 0 Å². The quantitative estimate of drug-likeness (QED) is 0.504. The van der Waals surface area contributed by atoms with Gasteiger partial charge in [-0.15, -0.1) is 4.95 Å². The zero-order valence-corrected chi connectivity index (χ0v) is 6.20. The number of nitrogens with one attached hydrogen (secondary N) is 2. The van der Waals surface area contributed by atoms with E-state index in [0.717, 1.165) is 5.69 Å². The normalized spacial score (nSPS) is 7.83. The van der Waals surface area contributed by atoms with Crippen LogP contribution < -0.4 is 11.0 Å². The van der Waals surface area contributed by atoms with Gasteiger partial charge in [-0.3, -0.25) is 0 Å². The van der Waals surface area contributed by atoms with Gasteiger partial charge >= 0.3 is 0 Å². The molecule has 0 aromatic heterocycles. The van der Waals surface area contributed by atoms with Crippen LogP contribution in [0.5, 0.6) is 0 Å². The Kier molecular flexibility index (Phi) is 2.53. The molecule has 0 aliphatic carbocycles. The third-order valence-electron chi connectivity index (χ3n) is 1.27. The standard InChI is InChI=1S/C8H6N4/c1-10-12-11-8-4-2-7(6-9)3-5-8/h2-5,11-12H. The number of hydrogen-bond donors (Lipinski definition) is 2. The molecule has 0 radical (unpaired) electrons. The molecule has 0 saturated heterocycles. The average molecular weight is 158 g/mol. The summed E-state index contributed by atoms with van der Waals surface area (Å²) in [4.78, 5) is 2.90. The lowest BCUT2D eigenvalue weighted by Gasteiger charge is -1.97. The molecule has 0 saturated carbocycles. The van der Waals surface area contributed by atoms with Crippen LogP contribution in [0.25, 0.3) is 4.95 Å². The van der Waals surface area contributed by atoms with Gasteiger partial charge in [-0.05, 0) is 29.8 Å². The van der Waals surface area contributed by atoms with E-state index < -0.39 is 0 Å². The maximum Gasteiger partial charge on any atom is 0.0991 e. The van der Waals surface area contributed by atoms with Crippen molar-refractivity contribution in [1.29, 1.82) is 5.26 Å². The number of hydrogen-bond acceptors (Lipinski definition) is 3. The summed E-state index contributed by atoms with van der Waals surface area (Å²) in [7, 11) is 0. The number of rotatable bonds is 2. The van der Waals surface area contributed by atoms with Gasteiger partial charge in [-0.25, -0.2) is 5.43 Å². The zero-order valence-electron chi connectivity index (χ0n) is 6.20. The Labute approximate surface area is 70.2 Å². The summed E-state index contributed by atoms with van der Waals surface area (Å²) in [6.45, 7) is 6.43. The molecule has 0 aliphatic heterocycles. The van der Waals surface area contributed by atoms with E-state index >= 15 is 0 Å². The number of anilines is 1. The van der Waals surface area contributed by atoms with Crippen molar-refractivity contribution in [3.8, 4) is 6.07 Å². The van der Waals surface area contributed by atoms with Crippen molar-refractivity contribution in [3.63, 3.8) is 0 Å². The maximum atomic E-state index is 8.47. The number of nitriles is 1. The molecular formula is C8H6N4. The highest BCUT2D eigenvalue weighted by molar-refractivity contribution is 5.46. The summed E-state index contributed by atoms with van der Waals surface area (Å²) in [5.41, 5.74) is 6.25. The predicted molar refractivity (Wildman–Crippen MR) is 44.5 cm³/mol. The van der Waals surface area contributed by atoms with E-state index in [4.69, 9.17) is 11.8 Å². The first-order chi connectivity index (χ1) is 5.86. The summed E-state index contributed by atoms with van der Waals surface area (Å²) >= 11 is 0. The van der Waals surface area contributed by atoms with E-state index in [0.29, 0.717) is 5.56 Å². The third-order valence-corrected chi connectivity index (χ3v) is 1.27. The topological polar surface area (TPSA) is 52.2 Å². The molecule has 2 N–H and O–H groups in total. The average Bonchev–Trinajstić information content (AvgIpc) is 2.15. The fraction of sp³-hybridized carbons (Fsp3) is 0. The Bertz CT molecular complexity index is 328. The predicted octanol–water partition coefficient (Wildman–Crippen LogP) is 1.31. The summed E-state index contributed by atoms with van der Waals surface area (Å²) in [5, 5.41) is 8.47. The molecule has 0 atom stereocenters. The Morgan fingerprint density at radius 1 is 1.33 bits per heavy atom. The molecule has 1 aromatic rings. The lowest BCUT2D eigenvalue weighted by molar-refractivity contribution is 1.05. The SMILES string of the molecule is [C-]#[N+]NNc1ccc(C#N)cc1. The lowest BCUT2D eigenvalue weighted by Crippen LogP contribution is -2.11. The molecule has 0 heterocycles. The van der Waals surface area contributed by atoms with E-state index in [1.807, 2.05) is 6.07 Å². The maximum absolute atomic E-state index is 8.47. The van der Waals surface area contributed by atoms with Crippen LogP contribution in [0.2, 0.25) is 0 Å². The van der Waals surface area contributed by atoms with Crippen molar-refractivity contribution in [2.24, 2.45) is 0 Å². The second kappa shape index (κ2) is 3.85. The van der Waals surface area contributed by atoms with E-state index in [1.54, 1.807) is 24.3 Å². The zero-order chi connectivity index (χ0) is 8.81. The van der Waals surface area contributed by atoms with E-state index in [-0.39, 0.29) is 0 Å². The number of hydrazine groups is 1. The van der Waals surface area contributed by atoms with Crippen molar-refractivity contribution in [2.75, 3.05) is 5.43 Å². The molecule has 0 unspecified atom stereocenters. The van der Waals surface area contributed by atoms with Crippen LogP contribution in [-0.2, 0) is 0 Å². The Morgan fingerprint density at radius 3 is 2.50 bits per heavy atom. The van der Waals surface area contributed by atoms with Crippen LogP contribution in [0, 0.1) is 17.9 Å². The van der Waals surface area contributed by atoms with E-state index in [9.17, 15) is 0 Å². The van der Waals surface area contributed by atoms with Gasteiger partial charge in [-0.1, -0.05) is 0 Å². The van der Waals surface area contributed by atoms with Crippen LogP contribution in [0.4, 0.5) is 5.69 Å². The summed E-state index contributed by atoms with van der Waals surface area (Å²) in [6, 6.07) is 8.79.